The number of anilines is 1. The zero-order valence-electron chi connectivity index (χ0n) is 10.7. The molecule has 0 aromatic heterocycles. The molecule has 1 heterocycles. The molecule has 0 saturated carbocycles. The van der Waals surface area contributed by atoms with Gasteiger partial charge in [0.1, 0.15) is 5.92 Å². The van der Waals surface area contributed by atoms with E-state index < -0.39 is 23.8 Å². The lowest BCUT2D eigenvalue weighted by molar-refractivity contribution is -0.134. The minimum atomic E-state index is -0.822. The number of benzene rings is 1. The molecule has 1 aromatic carbocycles. The average Bonchev–Trinajstić information content (AvgIpc) is 2.37. The molecule has 5 nitrogen and oxygen atoms in total. The second-order valence-corrected chi connectivity index (χ2v) is 6.09. The average molecular weight is 404 g/mol. The second kappa shape index (κ2) is 6.05. The van der Waals surface area contributed by atoms with Gasteiger partial charge in [-0.25, -0.2) is 9.69 Å². The Balaban J connectivity index is 2.47. The van der Waals surface area contributed by atoms with Crippen LogP contribution < -0.4 is 10.2 Å². The molecule has 106 valence electrons. The summed E-state index contributed by atoms with van der Waals surface area (Å²) < 4.78 is 1.19. The number of barbiturate groups is 1. The number of para-hydroxylation sites is 1. The van der Waals surface area contributed by atoms with Crippen molar-refractivity contribution in [2.45, 2.75) is 19.8 Å². The first-order valence-corrected chi connectivity index (χ1v) is 7.68. The molecule has 1 N–H and O–H groups in total. The Morgan fingerprint density at radius 1 is 1.20 bits per heavy atom. The molecule has 1 unspecified atom stereocenters. The summed E-state index contributed by atoms with van der Waals surface area (Å²) in [5.74, 6) is -1.84. The van der Waals surface area contributed by atoms with Gasteiger partial charge in [0.2, 0.25) is 11.8 Å². The number of amides is 4. The Hall–Kier alpha value is -1.21. The van der Waals surface area contributed by atoms with Crippen LogP contribution in [0.2, 0.25) is 0 Å². The van der Waals surface area contributed by atoms with Gasteiger partial charge in [0.05, 0.1) is 5.69 Å². The van der Waals surface area contributed by atoms with Gasteiger partial charge in [-0.3, -0.25) is 14.9 Å². The Morgan fingerprint density at radius 2 is 1.80 bits per heavy atom. The summed E-state index contributed by atoms with van der Waals surface area (Å²) in [6, 6.07) is 4.51. The normalized spacial score (nSPS) is 19.2. The van der Waals surface area contributed by atoms with E-state index in [2.05, 4.69) is 37.2 Å². The second-order valence-electron chi connectivity index (χ2n) is 4.38. The van der Waals surface area contributed by atoms with Crippen molar-refractivity contribution in [2.75, 3.05) is 4.90 Å². The van der Waals surface area contributed by atoms with E-state index in [0.29, 0.717) is 27.5 Å². The SMILES string of the molecule is CCCC1C(=O)NC(=O)N(c2c(Br)cccc2Br)C1=O. The minimum absolute atomic E-state index is 0.406. The van der Waals surface area contributed by atoms with E-state index in [0.717, 1.165) is 4.90 Å². The fourth-order valence-corrected chi connectivity index (χ4v) is 3.43. The highest BCUT2D eigenvalue weighted by atomic mass is 79.9. The molecular formula is C13H12Br2N2O3. The van der Waals surface area contributed by atoms with E-state index in [1.165, 1.54) is 0 Å². The summed E-state index contributed by atoms with van der Waals surface area (Å²) in [4.78, 5) is 37.2. The molecule has 7 heteroatoms. The number of carbonyl (C=O) groups is 3. The van der Waals surface area contributed by atoms with Gasteiger partial charge in [-0.15, -0.1) is 0 Å². The molecule has 1 saturated heterocycles. The van der Waals surface area contributed by atoms with Gasteiger partial charge in [0.15, 0.2) is 0 Å². The van der Waals surface area contributed by atoms with Gasteiger partial charge in [-0.2, -0.15) is 0 Å². The molecular weight excluding hydrogens is 392 g/mol. The number of urea groups is 1. The van der Waals surface area contributed by atoms with Gasteiger partial charge in [-0.05, 0) is 50.4 Å². The number of rotatable bonds is 3. The van der Waals surface area contributed by atoms with Crippen molar-refractivity contribution in [1.29, 1.82) is 0 Å². The summed E-state index contributed by atoms with van der Waals surface area (Å²) in [5, 5.41) is 2.23. The van der Waals surface area contributed by atoms with Crippen molar-refractivity contribution in [1.82, 2.24) is 5.32 Å². The maximum Gasteiger partial charge on any atom is 0.335 e. The monoisotopic (exact) mass is 402 g/mol. The largest absolute Gasteiger partial charge is 0.335 e. The molecule has 0 radical (unpaired) electrons. The molecule has 1 atom stereocenters. The third-order valence-corrected chi connectivity index (χ3v) is 4.29. The summed E-state index contributed by atoms with van der Waals surface area (Å²) in [5.41, 5.74) is 0.406. The van der Waals surface area contributed by atoms with Crippen LogP contribution in [0.3, 0.4) is 0 Å². The highest BCUT2D eigenvalue weighted by Gasteiger charge is 2.41. The number of nitrogens with one attached hydrogen (secondary N) is 1. The lowest BCUT2D eigenvalue weighted by Gasteiger charge is -2.31. The lowest BCUT2D eigenvalue weighted by Crippen LogP contribution is -2.58. The van der Waals surface area contributed by atoms with Crippen LogP contribution in [-0.2, 0) is 9.59 Å². The predicted octanol–water partition coefficient (Wildman–Crippen LogP) is 3.21. The van der Waals surface area contributed by atoms with E-state index in [9.17, 15) is 14.4 Å². The maximum atomic E-state index is 12.4. The van der Waals surface area contributed by atoms with Crippen molar-refractivity contribution in [3.8, 4) is 0 Å². The van der Waals surface area contributed by atoms with Gasteiger partial charge >= 0.3 is 6.03 Å². The van der Waals surface area contributed by atoms with Crippen LogP contribution in [0.15, 0.2) is 27.1 Å². The minimum Gasteiger partial charge on any atom is -0.277 e. The number of hydrogen-bond acceptors (Lipinski definition) is 3. The van der Waals surface area contributed by atoms with Gasteiger partial charge in [0.25, 0.3) is 0 Å². The van der Waals surface area contributed by atoms with Crippen LogP contribution >= 0.6 is 31.9 Å². The molecule has 20 heavy (non-hydrogen) atoms. The van der Waals surface area contributed by atoms with Crippen molar-refractivity contribution in [3.63, 3.8) is 0 Å². The van der Waals surface area contributed by atoms with Crippen LogP contribution in [0, 0.1) is 5.92 Å². The molecule has 1 aromatic rings. The van der Waals surface area contributed by atoms with Crippen LogP contribution in [0.25, 0.3) is 0 Å². The van der Waals surface area contributed by atoms with Crippen molar-refractivity contribution in [2.24, 2.45) is 5.92 Å². The molecule has 2 rings (SSSR count). The first-order chi connectivity index (χ1) is 9.47. The van der Waals surface area contributed by atoms with Crippen LogP contribution in [0.5, 0.6) is 0 Å². The van der Waals surface area contributed by atoms with Gasteiger partial charge < -0.3 is 0 Å². The first kappa shape index (κ1) is 15.2. The number of hydrogen-bond donors (Lipinski definition) is 1. The molecule has 4 amide bonds. The van der Waals surface area contributed by atoms with Crippen LogP contribution in [0.1, 0.15) is 19.8 Å². The zero-order valence-corrected chi connectivity index (χ0v) is 13.8. The van der Waals surface area contributed by atoms with Crippen molar-refractivity contribution < 1.29 is 14.4 Å². The topological polar surface area (TPSA) is 66.5 Å². The standard InChI is InChI=1S/C13H12Br2N2O3/c1-2-4-7-11(18)16-13(20)17(12(7)19)10-8(14)5-3-6-9(10)15/h3,5-7H,2,4H2,1H3,(H,16,18,20). The fourth-order valence-electron chi connectivity index (χ4n) is 2.07. The Kier molecular flexibility index (Phi) is 4.59. The Bertz CT molecular complexity index is 569. The molecule has 0 bridgehead atoms. The van der Waals surface area contributed by atoms with E-state index in [1.54, 1.807) is 18.2 Å². The van der Waals surface area contributed by atoms with E-state index >= 15 is 0 Å². The van der Waals surface area contributed by atoms with Gasteiger partial charge in [-0.1, -0.05) is 19.4 Å². The summed E-state index contributed by atoms with van der Waals surface area (Å²) >= 11 is 6.65. The summed E-state index contributed by atoms with van der Waals surface area (Å²) in [7, 11) is 0. The summed E-state index contributed by atoms with van der Waals surface area (Å²) in [6.07, 6.45) is 1.10. The number of halogens is 2. The molecule has 1 aliphatic rings. The lowest BCUT2D eigenvalue weighted by atomic mass is 9.99. The van der Waals surface area contributed by atoms with E-state index in [4.69, 9.17) is 0 Å². The van der Waals surface area contributed by atoms with Crippen LogP contribution in [0.4, 0.5) is 10.5 Å². The van der Waals surface area contributed by atoms with Gasteiger partial charge in [0, 0.05) is 8.95 Å². The predicted molar refractivity (Wildman–Crippen MR) is 81.3 cm³/mol. The third kappa shape index (κ3) is 2.64. The highest BCUT2D eigenvalue weighted by Crippen LogP contribution is 2.36. The number of carbonyl (C=O) groups excluding carboxylic acids is 3. The highest BCUT2D eigenvalue weighted by molar-refractivity contribution is 9.11. The quantitative estimate of drug-likeness (QED) is 0.788. The molecule has 1 aliphatic heterocycles. The molecule has 0 spiro atoms. The van der Waals surface area contributed by atoms with Crippen molar-refractivity contribution >= 4 is 55.4 Å². The Labute approximate surface area is 133 Å². The molecule has 1 fully saturated rings. The number of nitrogens with zero attached hydrogens (tertiary/aromatic N) is 1. The zero-order chi connectivity index (χ0) is 14.9. The third-order valence-electron chi connectivity index (χ3n) is 3.01. The molecule has 0 aliphatic carbocycles. The van der Waals surface area contributed by atoms with Crippen molar-refractivity contribution in [3.05, 3.63) is 27.1 Å². The van der Waals surface area contributed by atoms with Crippen LogP contribution in [-0.4, -0.2) is 17.8 Å². The van der Waals surface area contributed by atoms with E-state index in [1.807, 2.05) is 6.92 Å². The van der Waals surface area contributed by atoms with E-state index in [-0.39, 0.29) is 0 Å². The summed E-state index contributed by atoms with van der Waals surface area (Å²) in [6.45, 7) is 1.88. The fraction of sp³-hybridized carbons (Fsp3) is 0.308. The Morgan fingerprint density at radius 3 is 2.35 bits per heavy atom. The number of imide groups is 2. The smallest absolute Gasteiger partial charge is 0.277 e. The maximum absolute atomic E-state index is 12.4. The first-order valence-electron chi connectivity index (χ1n) is 6.10.